The van der Waals surface area contributed by atoms with Crippen molar-refractivity contribution in [3.05, 3.63) is 92.2 Å². The maximum absolute atomic E-state index is 13.2. The molecule has 0 spiro atoms. The highest BCUT2D eigenvalue weighted by Crippen LogP contribution is 2.43. The number of hydrogen-bond acceptors (Lipinski definition) is 5. The molecule has 0 atom stereocenters. The minimum atomic E-state index is -0.188. The summed E-state index contributed by atoms with van der Waals surface area (Å²) in [6, 6.07) is 15.2. The van der Waals surface area contributed by atoms with Crippen molar-refractivity contribution in [2.45, 2.75) is 19.9 Å². The molecule has 0 saturated heterocycles. The lowest BCUT2D eigenvalue weighted by molar-refractivity contribution is 0.0954. The summed E-state index contributed by atoms with van der Waals surface area (Å²) in [5.41, 5.74) is 4.13. The van der Waals surface area contributed by atoms with Gasteiger partial charge in [-0.2, -0.15) is 0 Å². The fourth-order valence-electron chi connectivity index (χ4n) is 4.30. The van der Waals surface area contributed by atoms with Gasteiger partial charge in [0.1, 0.15) is 24.0 Å². The van der Waals surface area contributed by atoms with Crippen LogP contribution in [0, 0.1) is 6.92 Å². The molecule has 34 heavy (non-hydrogen) atoms. The maximum Gasteiger partial charge on any atom is 0.231 e. The molecule has 3 aromatic rings. The van der Waals surface area contributed by atoms with Crippen LogP contribution in [0.5, 0.6) is 17.2 Å². The van der Waals surface area contributed by atoms with Crippen molar-refractivity contribution >= 4 is 35.1 Å². The SMILES string of the molecule is COc1ccc(CCN2COc3c(cc4c(c3C)O/C(=C\c3c(Cl)cccc3Cl)C4=O)C2)cc1. The van der Waals surface area contributed by atoms with Gasteiger partial charge in [-0.1, -0.05) is 41.4 Å². The van der Waals surface area contributed by atoms with Gasteiger partial charge >= 0.3 is 0 Å². The van der Waals surface area contributed by atoms with Crippen LogP contribution in [0.1, 0.15) is 32.6 Å². The van der Waals surface area contributed by atoms with E-state index in [-0.39, 0.29) is 11.5 Å². The highest BCUT2D eigenvalue weighted by atomic mass is 35.5. The minimum Gasteiger partial charge on any atom is -0.497 e. The Morgan fingerprint density at radius 2 is 1.82 bits per heavy atom. The Morgan fingerprint density at radius 3 is 2.53 bits per heavy atom. The second-order valence-corrected chi connectivity index (χ2v) is 9.18. The average molecular weight is 496 g/mol. The Bertz CT molecular complexity index is 1280. The standard InChI is InChI=1S/C27H23Cl2NO4/c1-16-26-18(14-30(15-33-26)11-10-17-6-8-19(32-2)9-7-17)12-21-25(31)24(34-27(16)21)13-20-22(28)4-3-5-23(20)29/h3-9,12-13H,10-11,14-15H2,1-2H3/b24-13-. The van der Waals surface area contributed by atoms with Crippen molar-refractivity contribution in [1.29, 1.82) is 0 Å². The minimum absolute atomic E-state index is 0.188. The maximum atomic E-state index is 13.2. The monoisotopic (exact) mass is 495 g/mol. The second-order valence-electron chi connectivity index (χ2n) is 8.37. The van der Waals surface area contributed by atoms with Crippen molar-refractivity contribution in [2.24, 2.45) is 0 Å². The highest BCUT2D eigenvalue weighted by Gasteiger charge is 2.33. The number of benzene rings is 3. The third-order valence-corrected chi connectivity index (χ3v) is 6.81. The van der Waals surface area contributed by atoms with E-state index in [0.29, 0.717) is 40.2 Å². The van der Waals surface area contributed by atoms with Crippen molar-refractivity contribution < 1.29 is 19.0 Å². The van der Waals surface area contributed by atoms with Crippen LogP contribution in [0.25, 0.3) is 6.08 Å². The molecule has 3 aromatic carbocycles. The van der Waals surface area contributed by atoms with Crippen LogP contribution >= 0.6 is 23.2 Å². The molecule has 174 valence electrons. The molecule has 5 nitrogen and oxygen atoms in total. The highest BCUT2D eigenvalue weighted by molar-refractivity contribution is 6.37. The van der Waals surface area contributed by atoms with E-state index in [4.69, 9.17) is 37.4 Å². The number of nitrogens with zero attached hydrogens (tertiary/aromatic N) is 1. The third kappa shape index (κ3) is 4.27. The van der Waals surface area contributed by atoms with Gasteiger partial charge in [0, 0.05) is 39.8 Å². The molecule has 0 radical (unpaired) electrons. The fraction of sp³-hybridized carbons (Fsp3) is 0.222. The summed E-state index contributed by atoms with van der Waals surface area (Å²) in [7, 11) is 1.66. The fourth-order valence-corrected chi connectivity index (χ4v) is 4.81. The van der Waals surface area contributed by atoms with Gasteiger partial charge in [-0.05, 0) is 55.3 Å². The number of methoxy groups -OCH3 is 1. The zero-order chi connectivity index (χ0) is 23.8. The number of fused-ring (bicyclic) bond motifs is 2. The molecule has 0 N–H and O–H groups in total. The van der Waals surface area contributed by atoms with Crippen LogP contribution in [0.4, 0.5) is 0 Å². The van der Waals surface area contributed by atoms with Gasteiger partial charge in [-0.3, -0.25) is 9.69 Å². The Labute approximate surface area is 208 Å². The van der Waals surface area contributed by atoms with Crippen molar-refractivity contribution in [1.82, 2.24) is 4.90 Å². The van der Waals surface area contributed by atoms with Gasteiger partial charge in [0.05, 0.1) is 12.7 Å². The van der Waals surface area contributed by atoms with E-state index >= 15 is 0 Å². The number of ether oxygens (including phenoxy) is 3. The summed E-state index contributed by atoms with van der Waals surface area (Å²) in [5, 5.41) is 0.915. The molecule has 5 rings (SSSR count). The number of allylic oxidation sites excluding steroid dienone is 1. The van der Waals surface area contributed by atoms with Crippen LogP contribution in [0.3, 0.4) is 0 Å². The quantitative estimate of drug-likeness (QED) is 0.387. The number of Topliss-reactive ketones (excluding diaryl/α,β-unsaturated/α-hetero) is 1. The van der Waals surface area contributed by atoms with Gasteiger partial charge in [0.25, 0.3) is 0 Å². The first-order chi connectivity index (χ1) is 16.4. The molecular formula is C27H23Cl2NO4. The first-order valence-corrected chi connectivity index (χ1v) is 11.7. The van der Waals surface area contributed by atoms with Crippen LogP contribution in [0.2, 0.25) is 10.0 Å². The van der Waals surface area contributed by atoms with Crippen LogP contribution < -0.4 is 14.2 Å². The molecule has 0 fully saturated rings. The molecule has 0 aliphatic carbocycles. The molecule has 0 bridgehead atoms. The average Bonchev–Trinajstić information content (AvgIpc) is 3.16. The van der Waals surface area contributed by atoms with Gasteiger partial charge in [-0.25, -0.2) is 0 Å². The Morgan fingerprint density at radius 1 is 1.09 bits per heavy atom. The number of halogens is 2. The van der Waals surface area contributed by atoms with Gasteiger partial charge < -0.3 is 14.2 Å². The van der Waals surface area contributed by atoms with E-state index in [9.17, 15) is 4.79 Å². The predicted molar refractivity (Wildman–Crippen MR) is 133 cm³/mol. The van der Waals surface area contributed by atoms with Crippen molar-refractivity contribution in [3.63, 3.8) is 0 Å². The topological polar surface area (TPSA) is 48.0 Å². The first kappa shape index (κ1) is 22.8. The summed E-state index contributed by atoms with van der Waals surface area (Å²) < 4.78 is 17.3. The lowest BCUT2D eigenvalue weighted by Gasteiger charge is -2.30. The largest absolute Gasteiger partial charge is 0.497 e. The molecule has 2 aliphatic heterocycles. The Hall–Kier alpha value is -2.99. The van der Waals surface area contributed by atoms with Crippen molar-refractivity contribution in [3.8, 4) is 17.2 Å². The normalized spacial score (nSPS) is 16.1. The summed E-state index contributed by atoms with van der Waals surface area (Å²) in [6.07, 6.45) is 2.49. The smallest absolute Gasteiger partial charge is 0.231 e. The number of carbonyl (C=O) groups excluding carboxylic acids is 1. The van der Waals surface area contributed by atoms with Gasteiger partial charge in [0.2, 0.25) is 5.78 Å². The number of hydrogen-bond donors (Lipinski definition) is 0. The van der Waals surface area contributed by atoms with E-state index in [1.54, 1.807) is 31.4 Å². The Balaban J connectivity index is 1.35. The van der Waals surface area contributed by atoms with E-state index in [1.165, 1.54) is 5.56 Å². The summed E-state index contributed by atoms with van der Waals surface area (Å²) in [4.78, 5) is 15.4. The van der Waals surface area contributed by atoms with Gasteiger partial charge in [-0.15, -0.1) is 0 Å². The molecular weight excluding hydrogens is 473 g/mol. The molecule has 0 unspecified atom stereocenters. The second kappa shape index (κ2) is 9.34. The van der Waals surface area contributed by atoms with Crippen molar-refractivity contribution in [2.75, 3.05) is 20.4 Å². The zero-order valence-corrected chi connectivity index (χ0v) is 20.4. The number of ketones is 1. The molecule has 2 aliphatic rings. The molecule has 0 amide bonds. The van der Waals surface area contributed by atoms with Gasteiger partial charge in [0.15, 0.2) is 5.76 Å². The van der Waals surface area contributed by atoms with Crippen LogP contribution in [0.15, 0.2) is 54.3 Å². The van der Waals surface area contributed by atoms with E-state index < -0.39 is 0 Å². The summed E-state index contributed by atoms with van der Waals surface area (Å²) >= 11 is 12.6. The number of carbonyl (C=O) groups is 1. The lowest BCUT2D eigenvalue weighted by Crippen LogP contribution is -2.34. The zero-order valence-electron chi connectivity index (χ0n) is 18.9. The van der Waals surface area contributed by atoms with E-state index in [0.717, 1.165) is 35.6 Å². The van der Waals surface area contributed by atoms with Crippen LogP contribution in [-0.2, 0) is 13.0 Å². The van der Waals surface area contributed by atoms with E-state index in [1.807, 2.05) is 25.1 Å². The molecule has 7 heteroatoms. The summed E-state index contributed by atoms with van der Waals surface area (Å²) in [6.45, 7) is 3.93. The number of rotatable bonds is 5. The molecule has 0 saturated carbocycles. The predicted octanol–water partition coefficient (Wildman–Crippen LogP) is 6.32. The van der Waals surface area contributed by atoms with Crippen LogP contribution in [-0.4, -0.2) is 31.1 Å². The lowest BCUT2D eigenvalue weighted by atomic mass is 10.00. The molecule has 0 aromatic heterocycles. The van der Waals surface area contributed by atoms with E-state index in [2.05, 4.69) is 17.0 Å². The third-order valence-electron chi connectivity index (χ3n) is 6.15. The summed E-state index contributed by atoms with van der Waals surface area (Å²) in [5.74, 6) is 2.17. The Kier molecular flexibility index (Phi) is 6.26. The first-order valence-electron chi connectivity index (χ1n) is 11.0. The molecule has 2 heterocycles.